The zero-order valence-corrected chi connectivity index (χ0v) is 12.3. The van der Waals surface area contributed by atoms with Crippen LogP contribution in [0, 0.1) is 22.7 Å². The molecular weight excluding hydrogens is 206 g/mol. The molecule has 1 spiro atoms. The van der Waals surface area contributed by atoms with Crippen molar-refractivity contribution in [1.29, 1.82) is 0 Å². The second-order valence-electron chi connectivity index (χ2n) is 7.68. The van der Waals surface area contributed by atoms with Gasteiger partial charge in [0.1, 0.15) is 0 Å². The van der Waals surface area contributed by atoms with Gasteiger partial charge in [-0.15, -0.1) is 0 Å². The van der Waals surface area contributed by atoms with E-state index >= 15 is 0 Å². The molecule has 1 saturated carbocycles. The maximum Gasteiger partial charge on any atom is -0.00127 e. The average molecular weight is 237 g/mol. The van der Waals surface area contributed by atoms with Crippen molar-refractivity contribution in [3.8, 4) is 0 Å². The van der Waals surface area contributed by atoms with Crippen molar-refractivity contribution < 1.29 is 0 Å². The zero-order valence-electron chi connectivity index (χ0n) is 12.3. The van der Waals surface area contributed by atoms with Gasteiger partial charge < -0.3 is 5.32 Å². The highest BCUT2D eigenvalue weighted by Gasteiger charge is 2.43. The van der Waals surface area contributed by atoms with Crippen molar-refractivity contribution in [1.82, 2.24) is 5.32 Å². The predicted octanol–water partition coefficient (Wildman–Crippen LogP) is 4.23. The van der Waals surface area contributed by atoms with Crippen LogP contribution < -0.4 is 5.32 Å². The normalized spacial score (nSPS) is 38.3. The first-order valence-corrected chi connectivity index (χ1v) is 7.66. The van der Waals surface area contributed by atoms with E-state index in [1.807, 2.05) is 0 Å². The number of hydrogen-bond donors (Lipinski definition) is 1. The monoisotopic (exact) mass is 237 g/mol. The van der Waals surface area contributed by atoms with E-state index in [2.05, 4.69) is 33.0 Å². The van der Waals surface area contributed by atoms with Crippen LogP contribution in [0.1, 0.15) is 66.2 Å². The highest BCUT2D eigenvalue weighted by molar-refractivity contribution is 4.95. The number of hydrogen-bond acceptors (Lipinski definition) is 1. The standard InChI is InChI=1S/C16H31N/c1-13(2)14-12-17-11-10-16(14)7-5-6-15(3,4)8-9-16/h13-14,17H,5-12H2,1-4H3. The van der Waals surface area contributed by atoms with Crippen LogP contribution in [0.2, 0.25) is 0 Å². The van der Waals surface area contributed by atoms with Crippen LogP contribution in [0.25, 0.3) is 0 Å². The minimum Gasteiger partial charge on any atom is -0.316 e. The lowest BCUT2D eigenvalue weighted by atomic mass is 9.62. The van der Waals surface area contributed by atoms with Crippen LogP contribution in [0.5, 0.6) is 0 Å². The first-order chi connectivity index (χ1) is 7.95. The lowest BCUT2D eigenvalue weighted by Gasteiger charge is -2.47. The summed E-state index contributed by atoms with van der Waals surface area (Å²) in [5.41, 5.74) is 1.27. The van der Waals surface area contributed by atoms with E-state index in [0.29, 0.717) is 10.8 Å². The van der Waals surface area contributed by atoms with E-state index in [9.17, 15) is 0 Å². The summed E-state index contributed by atoms with van der Waals surface area (Å²) < 4.78 is 0. The van der Waals surface area contributed by atoms with Crippen molar-refractivity contribution >= 4 is 0 Å². The Labute approximate surface area is 108 Å². The molecule has 1 heterocycles. The van der Waals surface area contributed by atoms with E-state index in [1.165, 1.54) is 51.6 Å². The van der Waals surface area contributed by atoms with Crippen LogP contribution in [0.3, 0.4) is 0 Å². The van der Waals surface area contributed by atoms with E-state index in [4.69, 9.17) is 0 Å². The van der Waals surface area contributed by atoms with Gasteiger partial charge in [0.25, 0.3) is 0 Å². The van der Waals surface area contributed by atoms with E-state index in [0.717, 1.165) is 11.8 Å². The molecular formula is C16H31N. The Morgan fingerprint density at radius 2 is 1.76 bits per heavy atom. The molecule has 2 atom stereocenters. The molecule has 0 aromatic rings. The summed E-state index contributed by atoms with van der Waals surface area (Å²) in [6, 6.07) is 0. The summed E-state index contributed by atoms with van der Waals surface area (Å²) in [5.74, 6) is 1.74. The summed E-state index contributed by atoms with van der Waals surface area (Å²) >= 11 is 0. The molecule has 100 valence electrons. The van der Waals surface area contributed by atoms with Crippen LogP contribution in [-0.2, 0) is 0 Å². The van der Waals surface area contributed by atoms with Crippen LogP contribution in [-0.4, -0.2) is 13.1 Å². The minimum absolute atomic E-state index is 0.593. The fraction of sp³-hybridized carbons (Fsp3) is 1.00. The summed E-state index contributed by atoms with van der Waals surface area (Å²) in [7, 11) is 0. The van der Waals surface area contributed by atoms with E-state index < -0.39 is 0 Å². The molecule has 2 aliphatic rings. The first kappa shape index (κ1) is 13.4. The van der Waals surface area contributed by atoms with Gasteiger partial charge in [-0.1, -0.05) is 34.1 Å². The minimum atomic E-state index is 0.593. The zero-order chi connectivity index (χ0) is 12.5. The molecule has 2 rings (SSSR count). The van der Waals surface area contributed by atoms with Crippen molar-refractivity contribution in [2.75, 3.05) is 13.1 Å². The Kier molecular flexibility index (Phi) is 3.87. The van der Waals surface area contributed by atoms with Crippen molar-refractivity contribution in [3.63, 3.8) is 0 Å². The quantitative estimate of drug-likeness (QED) is 0.719. The van der Waals surface area contributed by atoms with Gasteiger partial charge in [0, 0.05) is 0 Å². The van der Waals surface area contributed by atoms with Crippen LogP contribution in [0.15, 0.2) is 0 Å². The van der Waals surface area contributed by atoms with Gasteiger partial charge in [0.15, 0.2) is 0 Å². The summed E-state index contributed by atoms with van der Waals surface area (Å²) in [6.07, 6.45) is 8.72. The molecule has 1 nitrogen and oxygen atoms in total. The Morgan fingerprint density at radius 3 is 2.47 bits per heavy atom. The lowest BCUT2D eigenvalue weighted by molar-refractivity contribution is 0.0506. The second kappa shape index (κ2) is 4.91. The van der Waals surface area contributed by atoms with Gasteiger partial charge in [-0.05, 0) is 67.9 Å². The molecule has 1 saturated heterocycles. The van der Waals surface area contributed by atoms with Crippen molar-refractivity contribution in [2.24, 2.45) is 22.7 Å². The average Bonchev–Trinajstić information content (AvgIpc) is 2.40. The topological polar surface area (TPSA) is 12.0 Å². The molecule has 2 unspecified atom stereocenters. The Balaban J connectivity index is 2.14. The van der Waals surface area contributed by atoms with Gasteiger partial charge in [-0.3, -0.25) is 0 Å². The number of rotatable bonds is 1. The summed E-state index contributed by atoms with van der Waals surface area (Å²) in [5, 5.41) is 3.63. The second-order valence-corrected chi connectivity index (χ2v) is 7.68. The van der Waals surface area contributed by atoms with Crippen molar-refractivity contribution in [3.05, 3.63) is 0 Å². The fourth-order valence-corrected chi connectivity index (χ4v) is 4.32. The van der Waals surface area contributed by atoms with E-state index in [-0.39, 0.29) is 0 Å². The van der Waals surface area contributed by atoms with Gasteiger partial charge in [-0.25, -0.2) is 0 Å². The predicted molar refractivity (Wildman–Crippen MR) is 75.1 cm³/mol. The van der Waals surface area contributed by atoms with Crippen molar-refractivity contribution in [2.45, 2.75) is 66.2 Å². The Bertz CT molecular complexity index is 256. The first-order valence-electron chi connectivity index (χ1n) is 7.66. The molecule has 1 heteroatoms. The Hall–Kier alpha value is -0.0400. The Morgan fingerprint density at radius 1 is 1.00 bits per heavy atom. The molecule has 1 aliphatic heterocycles. The summed E-state index contributed by atoms with van der Waals surface area (Å²) in [4.78, 5) is 0. The van der Waals surface area contributed by atoms with E-state index in [1.54, 1.807) is 0 Å². The number of piperidine rings is 1. The fourth-order valence-electron chi connectivity index (χ4n) is 4.32. The summed E-state index contributed by atoms with van der Waals surface area (Å²) in [6.45, 7) is 12.3. The molecule has 0 aromatic heterocycles. The third-order valence-corrected chi connectivity index (χ3v) is 5.58. The van der Waals surface area contributed by atoms with Gasteiger partial charge in [0.2, 0.25) is 0 Å². The molecule has 0 bridgehead atoms. The maximum absolute atomic E-state index is 3.63. The maximum atomic E-state index is 3.63. The molecule has 0 amide bonds. The molecule has 17 heavy (non-hydrogen) atoms. The third-order valence-electron chi connectivity index (χ3n) is 5.58. The molecule has 0 radical (unpaired) electrons. The largest absolute Gasteiger partial charge is 0.316 e. The van der Waals surface area contributed by atoms with Crippen LogP contribution in [0.4, 0.5) is 0 Å². The SMILES string of the molecule is CC(C)C1CNCCC12CCCC(C)(C)CC2. The molecule has 0 aromatic carbocycles. The van der Waals surface area contributed by atoms with Gasteiger partial charge in [-0.2, -0.15) is 0 Å². The van der Waals surface area contributed by atoms with Gasteiger partial charge in [0.05, 0.1) is 0 Å². The molecule has 1 N–H and O–H groups in total. The number of nitrogens with one attached hydrogen (secondary N) is 1. The molecule has 1 aliphatic carbocycles. The highest BCUT2D eigenvalue weighted by atomic mass is 14.9. The van der Waals surface area contributed by atoms with Crippen LogP contribution >= 0.6 is 0 Å². The van der Waals surface area contributed by atoms with Gasteiger partial charge >= 0.3 is 0 Å². The lowest BCUT2D eigenvalue weighted by Crippen LogP contribution is -2.47. The molecule has 2 fully saturated rings. The smallest absolute Gasteiger partial charge is 0.00127 e. The highest BCUT2D eigenvalue weighted by Crippen LogP contribution is 2.51. The third kappa shape index (κ3) is 2.86.